The molecule has 0 saturated heterocycles. The third-order valence-electron chi connectivity index (χ3n) is 4.44. The molecule has 0 bridgehead atoms. The van der Waals surface area contributed by atoms with Crippen LogP contribution in [0.4, 0.5) is 5.95 Å². The van der Waals surface area contributed by atoms with Crippen molar-refractivity contribution in [3.8, 4) is 0 Å². The molecule has 2 rings (SSSR count). The molecule has 0 saturated carbocycles. The zero-order chi connectivity index (χ0) is 18.4. The normalized spacial score (nSPS) is 12.7. The molecule has 5 nitrogen and oxygen atoms in total. The first-order chi connectivity index (χ1) is 12.0. The predicted molar refractivity (Wildman–Crippen MR) is 105 cm³/mol. The quantitative estimate of drug-likeness (QED) is 0.727. The van der Waals surface area contributed by atoms with Crippen LogP contribution in [0.1, 0.15) is 64.6 Å². The Bertz CT molecular complexity index is 751. The second kappa shape index (κ2) is 8.97. The fourth-order valence-corrected chi connectivity index (χ4v) is 3.09. The summed E-state index contributed by atoms with van der Waals surface area (Å²) in [4.78, 5) is 21.9. The van der Waals surface area contributed by atoms with Gasteiger partial charge in [-0.25, -0.2) is 4.98 Å². The number of hydrogen-bond donors (Lipinski definition) is 1. The number of rotatable bonds is 9. The standard InChI is InChI=1S/C20H31N4O/c1-6-8-10-16(9-7-2)24-18(25)12-11-17-15(5)22-20(23-19(17)24)21-13-14(3)4/h11-12,14,16H,2,6-10,13H2,1,3-5H3,(H,21,22,23). The SMILES string of the molecule is [CH2]CCC(CCCC)n1c(=O)ccc2c(C)nc(NCC(C)C)nc21. The second-order valence-electron chi connectivity index (χ2n) is 7.12. The molecule has 0 aliphatic carbocycles. The number of unbranched alkanes of at least 4 members (excludes halogenated alkanes) is 1. The van der Waals surface area contributed by atoms with Crippen molar-refractivity contribution >= 4 is 17.0 Å². The van der Waals surface area contributed by atoms with Gasteiger partial charge >= 0.3 is 0 Å². The van der Waals surface area contributed by atoms with Gasteiger partial charge in [0.25, 0.3) is 5.56 Å². The minimum Gasteiger partial charge on any atom is -0.354 e. The van der Waals surface area contributed by atoms with Crippen molar-refractivity contribution in [2.45, 2.75) is 65.8 Å². The zero-order valence-electron chi connectivity index (χ0n) is 16.0. The molecule has 1 unspecified atom stereocenters. The Balaban J connectivity index is 2.56. The van der Waals surface area contributed by atoms with E-state index < -0.39 is 0 Å². The molecule has 1 atom stereocenters. The highest BCUT2D eigenvalue weighted by atomic mass is 16.1. The maximum Gasteiger partial charge on any atom is 0.252 e. The van der Waals surface area contributed by atoms with E-state index in [1.807, 2.05) is 17.6 Å². The highest BCUT2D eigenvalue weighted by Crippen LogP contribution is 2.24. The Morgan fingerprint density at radius 2 is 2.00 bits per heavy atom. The van der Waals surface area contributed by atoms with Gasteiger partial charge in [-0.3, -0.25) is 9.36 Å². The van der Waals surface area contributed by atoms with Gasteiger partial charge in [-0.1, -0.05) is 47.0 Å². The fraction of sp³-hybridized carbons (Fsp3) is 0.600. The Labute approximate surface area is 150 Å². The largest absolute Gasteiger partial charge is 0.354 e. The minimum atomic E-state index is 0.00922. The number of anilines is 1. The van der Waals surface area contributed by atoms with Gasteiger partial charge in [0.2, 0.25) is 5.95 Å². The summed E-state index contributed by atoms with van der Waals surface area (Å²) < 4.78 is 1.87. The molecular weight excluding hydrogens is 312 g/mol. The van der Waals surface area contributed by atoms with Gasteiger partial charge < -0.3 is 5.32 Å². The van der Waals surface area contributed by atoms with Crippen LogP contribution in [0.5, 0.6) is 0 Å². The molecule has 2 aromatic rings. The molecule has 0 aliphatic rings. The Morgan fingerprint density at radius 3 is 2.64 bits per heavy atom. The lowest BCUT2D eigenvalue weighted by Gasteiger charge is -2.21. The molecule has 0 aliphatic heterocycles. The molecule has 1 N–H and O–H groups in total. The van der Waals surface area contributed by atoms with Gasteiger partial charge in [0.15, 0.2) is 0 Å². The van der Waals surface area contributed by atoms with Gasteiger partial charge in [0.05, 0.1) is 5.69 Å². The molecule has 5 heteroatoms. The highest BCUT2D eigenvalue weighted by Gasteiger charge is 2.17. The maximum absolute atomic E-state index is 12.7. The summed E-state index contributed by atoms with van der Waals surface area (Å²) in [6, 6.07) is 3.62. The van der Waals surface area contributed by atoms with Crippen molar-refractivity contribution in [2.75, 3.05) is 11.9 Å². The summed E-state index contributed by atoms with van der Waals surface area (Å²) in [6.07, 6.45) is 4.87. The molecule has 1 radical (unpaired) electrons. The van der Waals surface area contributed by atoms with Crippen molar-refractivity contribution in [1.29, 1.82) is 0 Å². The molecule has 137 valence electrons. The third kappa shape index (κ3) is 4.80. The predicted octanol–water partition coefficient (Wildman–Crippen LogP) is 4.51. The van der Waals surface area contributed by atoms with Crippen molar-refractivity contribution < 1.29 is 0 Å². The Kier molecular flexibility index (Phi) is 6.97. The Hall–Kier alpha value is -1.91. The summed E-state index contributed by atoms with van der Waals surface area (Å²) in [6.45, 7) is 13.2. The smallest absolute Gasteiger partial charge is 0.252 e. The topological polar surface area (TPSA) is 59.8 Å². The van der Waals surface area contributed by atoms with E-state index in [0.29, 0.717) is 11.9 Å². The summed E-state index contributed by atoms with van der Waals surface area (Å²) in [5, 5.41) is 4.23. The molecule has 25 heavy (non-hydrogen) atoms. The first kappa shape index (κ1) is 19.4. The fourth-order valence-electron chi connectivity index (χ4n) is 3.09. The van der Waals surface area contributed by atoms with Gasteiger partial charge in [-0.05, 0) is 31.7 Å². The lowest BCUT2D eigenvalue weighted by molar-refractivity contribution is 0.422. The van der Waals surface area contributed by atoms with Gasteiger partial charge in [0.1, 0.15) is 5.65 Å². The summed E-state index contributed by atoms with van der Waals surface area (Å²) in [7, 11) is 0. The van der Waals surface area contributed by atoms with E-state index in [9.17, 15) is 4.79 Å². The van der Waals surface area contributed by atoms with E-state index >= 15 is 0 Å². The van der Waals surface area contributed by atoms with Crippen molar-refractivity contribution in [3.63, 3.8) is 0 Å². The summed E-state index contributed by atoms with van der Waals surface area (Å²) >= 11 is 0. The maximum atomic E-state index is 12.7. The van der Waals surface area contributed by atoms with Crippen LogP contribution in [-0.2, 0) is 0 Å². The van der Waals surface area contributed by atoms with E-state index in [4.69, 9.17) is 4.98 Å². The van der Waals surface area contributed by atoms with Crippen LogP contribution in [0, 0.1) is 19.8 Å². The van der Waals surface area contributed by atoms with Crippen molar-refractivity contribution in [2.24, 2.45) is 5.92 Å². The number of pyridine rings is 1. The molecule has 0 amide bonds. The van der Waals surface area contributed by atoms with E-state index in [2.05, 4.69) is 38.0 Å². The summed E-state index contributed by atoms with van der Waals surface area (Å²) in [5.74, 6) is 1.10. The number of aromatic nitrogens is 3. The molecule has 2 heterocycles. The van der Waals surface area contributed by atoms with E-state index in [1.54, 1.807) is 6.07 Å². The van der Waals surface area contributed by atoms with E-state index in [-0.39, 0.29) is 11.6 Å². The number of nitrogens with one attached hydrogen (secondary N) is 1. The number of aryl methyl sites for hydroxylation is 1. The number of fused-ring (bicyclic) bond motifs is 1. The first-order valence-corrected chi connectivity index (χ1v) is 9.40. The molecule has 0 aromatic carbocycles. The first-order valence-electron chi connectivity index (χ1n) is 9.40. The zero-order valence-corrected chi connectivity index (χ0v) is 16.0. The summed E-state index contributed by atoms with van der Waals surface area (Å²) in [5.41, 5.74) is 1.64. The number of hydrogen-bond acceptors (Lipinski definition) is 4. The van der Waals surface area contributed by atoms with Gasteiger partial charge in [-0.2, -0.15) is 4.98 Å². The molecule has 0 spiro atoms. The van der Waals surface area contributed by atoms with Crippen molar-refractivity contribution in [1.82, 2.24) is 14.5 Å². The van der Waals surface area contributed by atoms with Crippen LogP contribution in [0.25, 0.3) is 11.0 Å². The van der Waals surface area contributed by atoms with Crippen LogP contribution in [-0.4, -0.2) is 21.1 Å². The van der Waals surface area contributed by atoms with E-state index in [0.717, 1.165) is 55.4 Å². The van der Waals surface area contributed by atoms with Gasteiger partial charge in [0, 0.05) is 24.0 Å². The van der Waals surface area contributed by atoms with Crippen LogP contribution in [0.3, 0.4) is 0 Å². The lowest BCUT2D eigenvalue weighted by Crippen LogP contribution is -2.26. The van der Waals surface area contributed by atoms with Crippen LogP contribution >= 0.6 is 0 Å². The molecule has 2 aromatic heterocycles. The Morgan fingerprint density at radius 1 is 1.24 bits per heavy atom. The van der Waals surface area contributed by atoms with E-state index in [1.165, 1.54) is 0 Å². The molecular formula is C20H31N4O. The van der Waals surface area contributed by atoms with Crippen molar-refractivity contribution in [3.05, 3.63) is 35.1 Å². The third-order valence-corrected chi connectivity index (χ3v) is 4.44. The molecule has 0 fully saturated rings. The second-order valence-corrected chi connectivity index (χ2v) is 7.12. The highest BCUT2D eigenvalue weighted by molar-refractivity contribution is 5.78. The minimum absolute atomic E-state index is 0.00922. The lowest BCUT2D eigenvalue weighted by atomic mass is 10.0. The van der Waals surface area contributed by atoms with Crippen LogP contribution in [0.2, 0.25) is 0 Å². The number of nitrogens with zero attached hydrogens (tertiary/aromatic N) is 3. The monoisotopic (exact) mass is 343 g/mol. The van der Waals surface area contributed by atoms with Gasteiger partial charge in [-0.15, -0.1) is 0 Å². The van der Waals surface area contributed by atoms with Crippen LogP contribution in [0.15, 0.2) is 16.9 Å². The van der Waals surface area contributed by atoms with Crippen LogP contribution < -0.4 is 10.9 Å². The average Bonchev–Trinajstić information content (AvgIpc) is 2.57. The average molecular weight is 343 g/mol.